The van der Waals surface area contributed by atoms with Crippen LogP contribution in [0.4, 0.5) is 0 Å². The van der Waals surface area contributed by atoms with Gasteiger partial charge in [-0.15, -0.1) is 24.8 Å². The van der Waals surface area contributed by atoms with E-state index >= 15 is 0 Å². The van der Waals surface area contributed by atoms with Crippen LogP contribution in [0.15, 0.2) is 12.4 Å². The maximum absolute atomic E-state index is 13.1. The fraction of sp³-hybridized carbons (Fsp3) is 0.765. The van der Waals surface area contributed by atoms with Crippen molar-refractivity contribution >= 4 is 30.7 Å². The summed E-state index contributed by atoms with van der Waals surface area (Å²) >= 11 is 0. The summed E-state index contributed by atoms with van der Waals surface area (Å²) in [6.45, 7) is 8.98. The van der Waals surface area contributed by atoms with Crippen molar-refractivity contribution < 1.29 is 4.79 Å². The number of carbonyl (C=O) groups excluding carboxylic acids is 1. The van der Waals surface area contributed by atoms with Gasteiger partial charge in [-0.3, -0.25) is 4.79 Å². The average molecular weight is 392 g/mol. The topological polar surface area (TPSA) is 53.4 Å². The van der Waals surface area contributed by atoms with Crippen LogP contribution in [0.25, 0.3) is 0 Å². The lowest BCUT2D eigenvalue weighted by atomic mass is 9.93. The number of likely N-dealkylation sites (tertiary alicyclic amines) is 1. The van der Waals surface area contributed by atoms with Gasteiger partial charge in [0, 0.05) is 51.0 Å². The second-order valence-corrected chi connectivity index (χ2v) is 7.05. The highest BCUT2D eigenvalue weighted by molar-refractivity contribution is 5.85. The summed E-state index contributed by atoms with van der Waals surface area (Å²) in [6.07, 6.45) is 5.73. The molecule has 0 bridgehead atoms. The van der Waals surface area contributed by atoms with E-state index in [-0.39, 0.29) is 36.8 Å². The number of aryl methyl sites for hydroxylation is 1. The number of carbonyl (C=O) groups is 1. The molecule has 0 spiro atoms. The summed E-state index contributed by atoms with van der Waals surface area (Å²) in [4.78, 5) is 22.1. The maximum atomic E-state index is 13.1. The Morgan fingerprint density at radius 2 is 1.92 bits per heavy atom. The molecular weight excluding hydrogens is 361 g/mol. The van der Waals surface area contributed by atoms with Crippen molar-refractivity contribution in [2.24, 2.45) is 13.0 Å². The molecule has 2 fully saturated rings. The standard InChI is InChI=1S/C17H29N5O.2ClH/c1-13(2)21-8-4-14(5-9-21)17(23)22-11-6-18-12-15(22)16-19-7-10-20(16)3;;/h7,10,13-15,18H,4-6,8-9,11-12H2,1-3H3;2*1H. The molecule has 0 radical (unpaired) electrons. The molecule has 0 aliphatic carbocycles. The molecule has 1 aromatic heterocycles. The largest absolute Gasteiger partial charge is 0.336 e. The second kappa shape index (κ2) is 9.76. The fourth-order valence-corrected chi connectivity index (χ4v) is 3.79. The van der Waals surface area contributed by atoms with Crippen molar-refractivity contribution in [2.75, 3.05) is 32.7 Å². The number of piperazine rings is 1. The van der Waals surface area contributed by atoms with Gasteiger partial charge >= 0.3 is 0 Å². The molecule has 8 heteroatoms. The summed E-state index contributed by atoms with van der Waals surface area (Å²) in [7, 11) is 2.00. The quantitative estimate of drug-likeness (QED) is 0.853. The second-order valence-electron chi connectivity index (χ2n) is 7.05. The number of nitrogens with one attached hydrogen (secondary N) is 1. The van der Waals surface area contributed by atoms with Crippen molar-refractivity contribution in [3.63, 3.8) is 0 Å². The molecule has 2 aliphatic heterocycles. The van der Waals surface area contributed by atoms with Crippen LogP contribution in [0.5, 0.6) is 0 Å². The normalized spacial score (nSPS) is 22.4. The molecule has 3 heterocycles. The van der Waals surface area contributed by atoms with Gasteiger partial charge in [0.2, 0.25) is 5.91 Å². The number of nitrogens with zero attached hydrogens (tertiary/aromatic N) is 4. The van der Waals surface area contributed by atoms with E-state index in [0.29, 0.717) is 11.9 Å². The van der Waals surface area contributed by atoms with Gasteiger partial charge in [-0.1, -0.05) is 0 Å². The molecule has 1 amide bonds. The van der Waals surface area contributed by atoms with Gasteiger partial charge in [0.05, 0.1) is 0 Å². The zero-order valence-corrected chi connectivity index (χ0v) is 17.0. The molecule has 0 aromatic carbocycles. The van der Waals surface area contributed by atoms with Crippen molar-refractivity contribution in [1.82, 2.24) is 24.7 Å². The van der Waals surface area contributed by atoms with Gasteiger partial charge in [0.15, 0.2) is 0 Å². The van der Waals surface area contributed by atoms with Gasteiger partial charge in [-0.25, -0.2) is 4.98 Å². The van der Waals surface area contributed by atoms with E-state index in [1.807, 2.05) is 24.0 Å². The Kier molecular flexibility index (Phi) is 8.68. The molecule has 0 saturated carbocycles. The van der Waals surface area contributed by atoms with E-state index in [4.69, 9.17) is 0 Å². The van der Waals surface area contributed by atoms with Gasteiger partial charge in [-0.05, 0) is 39.8 Å². The van der Waals surface area contributed by atoms with Crippen LogP contribution in [0.3, 0.4) is 0 Å². The zero-order chi connectivity index (χ0) is 16.4. The minimum absolute atomic E-state index is 0. The predicted molar refractivity (Wildman–Crippen MR) is 104 cm³/mol. The van der Waals surface area contributed by atoms with E-state index in [9.17, 15) is 4.79 Å². The van der Waals surface area contributed by atoms with Crippen LogP contribution in [0.1, 0.15) is 38.6 Å². The first kappa shape index (κ1) is 22.2. The van der Waals surface area contributed by atoms with Crippen LogP contribution >= 0.6 is 24.8 Å². The predicted octanol–water partition coefficient (Wildman–Crippen LogP) is 1.86. The third kappa shape index (κ3) is 4.88. The first-order valence-corrected chi connectivity index (χ1v) is 8.80. The monoisotopic (exact) mass is 391 g/mol. The molecule has 2 saturated heterocycles. The highest BCUT2D eigenvalue weighted by Crippen LogP contribution is 2.27. The van der Waals surface area contributed by atoms with E-state index in [2.05, 4.69) is 33.9 Å². The number of piperidine rings is 1. The molecule has 6 nitrogen and oxygen atoms in total. The van der Waals surface area contributed by atoms with E-state index in [1.54, 1.807) is 0 Å². The van der Waals surface area contributed by atoms with Crippen LogP contribution < -0.4 is 5.32 Å². The average Bonchev–Trinajstić information content (AvgIpc) is 3.00. The smallest absolute Gasteiger partial charge is 0.226 e. The first-order valence-electron chi connectivity index (χ1n) is 8.80. The lowest BCUT2D eigenvalue weighted by Crippen LogP contribution is -2.52. The molecule has 2 aliphatic rings. The Morgan fingerprint density at radius 1 is 1.24 bits per heavy atom. The van der Waals surface area contributed by atoms with Crippen molar-refractivity contribution in [1.29, 1.82) is 0 Å². The molecule has 25 heavy (non-hydrogen) atoms. The van der Waals surface area contributed by atoms with Gasteiger partial charge in [-0.2, -0.15) is 0 Å². The van der Waals surface area contributed by atoms with Crippen LogP contribution in [0.2, 0.25) is 0 Å². The van der Waals surface area contributed by atoms with Crippen LogP contribution in [-0.2, 0) is 11.8 Å². The Morgan fingerprint density at radius 3 is 2.48 bits per heavy atom. The van der Waals surface area contributed by atoms with E-state index in [0.717, 1.165) is 51.4 Å². The Hall–Kier alpha value is -0.820. The third-order valence-corrected chi connectivity index (χ3v) is 5.29. The fourth-order valence-electron chi connectivity index (χ4n) is 3.79. The Bertz CT molecular complexity index is 543. The molecule has 1 aromatic rings. The number of aromatic nitrogens is 2. The number of halogens is 2. The summed E-state index contributed by atoms with van der Waals surface area (Å²) in [5, 5.41) is 3.40. The molecule has 144 valence electrons. The highest BCUT2D eigenvalue weighted by Gasteiger charge is 2.35. The molecule has 3 rings (SSSR count). The van der Waals surface area contributed by atoms with E-state index in [1.165, 1.54) is 0 Å². The third-order valence-electron chi connectivity index (χ3n) is 5.29. The SMILES string of the molecule is CC(C)N1CCC(C(=O)N2CCNCC2c2nccn2C)CC1.Cl.Cl. The molecule has 1 atom stereocenters. The van der Waals surface area contributed by atoms with Crippen molar-refractivity contribution in [3.8, 4) is 0 Å². The summed E-state index contributed by atoms with van der Waals surface area (Å²) in [5.41, 5.74) is 0. The lowest BCUT2D eigenvalue weighted by Gasteiger charge is -2.40. The van der Waals surface area contributed by atoms with E-state index < -0.39 is 0 Å². The number of rotatable bonds is 3. The molecule has 1 N–H and O–H groups in total. The number of imidazole rings is 1. The number of hydrogen-bond donors (Lipinski definition) is 1. The van der Waals surface area contributed by atoms with Crippen molar-refractivity contribution in [2.45, 2.75) is 38.8 Å². The number of hydrogen-bond acceptors (Lipinski definition) is 4. The van der Waals surface area contributed by atoms with Gasteiger partial charge in [0.1, 0.15) is 11.9 Å². The molecule has 1 unspecified atom stereocenters. The zero-order valence-electron chi connectivity index (χ0n) is 15.4. The minimum Gasteiger partial charge on any atom is -0.336 e. The molecular formula is C17H31Cl2N5O. The van der Waals surface area contributed by atoms with Gasteiger partial charge in [0.25, 0.3) is 0 Å². The maximum Gasteiger partial charge on any atom is 0.226 e. The van der Waals surface area contributed by atoms with Crippen LogP contribution in [-0.4, -0.2) is 64.0 Å². The lowest BCUT2D eigenvalue weighted by molar-refractivity contribution is -0.141. The highest BCUT2D eigenvalue weighted by atomic mass is 35.5. The summed E-state index contributed by atoms with van der Waals surface area (Å²) in [5.74, 6) is 1.47. The summed E-state index contributed by atoms with van der Waals surface area (Å²) in [6, 6.07) is 0.630. The number of amides is 1. The van der Waals surface area contributed by atoms with Gasteiger partial charge < -0.3 is 19.7 Å². The minimum atomic E-state index is 0. The first-order chi connectivity index (χ1) is 11.1. The van der Waals surface area contributed by atoms with Crippen LogP contribution in [0, 0.1) is 5.92 Å². The Labute approximate surface area is 163 Å². The van der Waals surface area contributed by atoms with Crippen molar-refractivity contribution in [3.05, 3.63) is 18.2 Å². The summed E-state index contributed by atoms with van der Waals surface area (Å²) < 4.78 is 2.03. The Balaban J connectivity index is 0.00000156.